The van der Waals surface area contributed by atoms with Crippen LogP contribution in [0, 0.1) is 5.41 Å². The Hall–Kier alpha value is -1.24. The second-order valence-corrected chi connectivity index (χ2v) is 6.79. The van der Waals surface area contributed by atoms with Crippen molar-refractivity contribution in [2.45, 2.75) is 54.0 Å². The highest BCUT2D eigenvalue weighted by atomic mass is 15.0. The standard InChI is InChI=1S/C17H29N/c1-10-11-15(12-13(2)16(4,5)6)14(3)18-17(7,8)9/h10-12,18H,1,3H2,2,4-9H3/b13-12+,15-11+. The highest BCUT2D eigenvalue weighted by molar-refractivity contribution is 5.42. The molecule has 0 aliphatic rings. The molecule has 0 aliphatic heterocycles. The lowest BCUT2D eigenvalue weighted by molar-refractivity contribution is 0.477. The summed E-state index contributed by atoms with van der Waals surface area (Å²) in [6.45, 7) is 23.1. The Bertz CT molecular complexity index is 367. The summed E-state index contributed by atoms with van der Waals surface area (Å²) in [4.78, 5) is 0. The highest BCUT2D eigenvalue weighted by Gasteiger charge is 2.15. The molecule has 0 aromatic carbocycles. The first-order valence-electron chi connectivity index (χ1n) is 6.46. The molecule has 1 nitrogen and oxygen atoms in total. The molecule has 0 rings (SSSR count). The summed E-state index contributed by atoms with van der Waals surface area (Å²) >= 11 is 0. The molecule has 0 saturated carbocycles. The van der Waals surface area contributed by atoms with Crippen LogP contribution >= 0.6 is 0 Å². The fourth-order valence-corrected chi connectivity index (χ4v) is 1.34. The van der Waals surface area contributed by atoms with Gasteiger partial charge in [0, 0.05) is 11.2 Å². The van der Waals surface area contributed by atoms with Crippen LogP contribution in [0.2, 0.25) is 0 Å². The van der Waals surface area contributed by atoms with E-state index >= 15 is 0 Å². The number of hydrogen-bond acceptors (Lipinski definition) is 1. The second kappa shape index (κ2) is 6.08. The molecule has 18 heavy (non-hydrogen) atoms. The van der Waals surface area contributed by atoms with Gasteiger partial charge in [-0.3, -0.25) is 0 Å². The third kappa shape index (κ3) is 6.48. The fourth-order valence-electron chi connectivity index (χ4n) is 1.34. The molecule has 1 heteroatoms. The van der Waals surface area contributed by atoms with E-state index in [0.29, 0.717) is 0 Å². The van der Waals surface area contributed by atoms with Crippen molar-refractivity contribution in [3.05, 3.63) is 48.2 Å². The maximum atomic E-state index is 4.12. The van der Waals surface area contributed by atoms with Crippen LogP contribution < -0.4 is 5.32 Å². The minimum Gasteiger partial charge on any atom is -0.380 e. The lowest BCUT2D eigenvalue weighted by Crippen LogP contribution is -2.35. The lowest BCUT2D eigenvalue weighted by Gasteiger charge is -2.26. The van der Waals surface area contributed by atoms with Gasteiger partial charge in [0.2, 0.25) is 0 Å². The van der Waals surface area contributed by atoms with Crippen LogP contribution in [0.3, 0.4) is 0 Å². The molecular formula is C17H29N. The third-order valence-corrected chi connectivity index (χ3v) is 2.73. The van der Waals surface area contributed by atoms with Crippen LogP contribution in [0.4, 0.5) is 0 Å². The van der Waals surface area contributed by atoms with Crippen LogP contribution in [-0.2, 0) is 0 Å². The predicted octanol–water partition coefficient (Wildman–Crippen LogP) is 4.99. The van der Waals surface area contributed by atoms with E-state index in [4.69, 9.17) is 0 Å². The van der Waals surface area contributed by atoms with E-state index in [2.05, 4.69) is 73.0 Å². The van der Waals surface area contributed by atoms with Crippen molar-refractivity contribution < 1.29 is 0 Å². The van der Waals surface area contributed by atoms with E-state index in [1.807, 2.05) is 6.08 Å². The van der Waals surface area contributed by atoms with E-state index in [0.717, 1.165) is 11.3 Å². The molecule has 0 aromatic rings. The average Bonchev–Trinajstić information content (AvgIpc) is 2.12. The number of allylic oxidation sites excluding steroid dienone is 4. The molecule has 102 valence electrons. The van der Waals surface area contributed by atoms with Crippen LogP contribution in [0.15, 0.2) is 48.2 Å². The largest absolute Gasteiger partial charge is 0.380 e. The van der Waals surface area contributed by atoms with Gasteiger partial charge in [0.15, 0.2) is 0 Å². The zero-order valence-electron chi connectivity index (χ0n) is 13.1. The summed E-state index contributed by atoms with van der Waals surface area (Å²) in [6, 6.07) is 0. The van der Waals surface area contributed by atoms with Crippen LogP contribution in [0.5, 0.6) is 0 Å². The Kier molecular flexibility index (Phi) is 5.66. The average molecular weight is 247 g/mol. The number of rotatable bonds is 4. The predicted molar refractivity (Wildman–Crippen MR) is 83.5 cm³/mol. The molecule has 0 aromatic heterocycles. The van der Waals surface area contributed by atoms with Gasteiger partial charge < -0.3 is 5.32 Å². The minimum absolute atomic E-state index is 0.0147. The molecule has 0 aliphatic carbocycles. The summed E-state index contributed by atoms with van der Waals surface area (Å²) in [5.41, 5.74) is 3.54. The third-order valence-electron chi connectivity index (χ3n) is 2.73. The molecule has 0 bridgehead atoms. The Labute approximate surface area is 113 Å². The smallest absolute Gasteiger partial charge is 0.0344 e. The summed E-state index contributed by atoms with van der Waals surface area (Å²) < 4.78 is 0. The number of hydrogen-bond donors (Lipinski definition) is 1. The van der Waals surface area contributed by atoms with Crippen molar-refractivity contribution in [1.29, 1.82) is 0 Å². The maximum absolute atomic E-state index is 4.12. The van der Waals surface area contributed by atoms with Gasteiger partial charge in [0.1, 0.15) is 0 Å². The first kappa shape index (κ1) is 16.8. The fraction of sp³-hybridized carbons (Fsp3) is 0.529. The SMILES string of the molecule is C=C/C=C(\C=C(/C)C(C)(C)C)C(=C)NC(C)(C)C. The van der Waals surface area contributed by atoms with Gasteiger partial charge in [0.25, 0.3) is 0 Å². The molecular weight excluding hydrogens is 218 g/mol. The second-order valence-electron chi connectivity index (χ2n) is 6.79. The van der Waals surface area contributed by atoms with Crippen LogP contribution in [0.25, 0.3) is 0 Å². The molecule has 0 heterocycles. The zero-order chi connectivity index (χ0) is 14.6. The Morgan fingerprint density at radius 3 is 1.89 bits per heavy atom. The molecule has 0 atom stereocenters. The lowest BCUT2D eigenvalue weighted by atomic mass is 9.86. The van der Waals surface area contributed by atoms with Crippen LogP contribution in [0.1, 0.15) is 48.5 Å². The molecule has 1 N–H and O–H groups in total. The Morgan fingerprint density at radius 2 is 1.56 bits per heavy atom. The molecule has 0 fully saturated rings. The van der Waals surface area contributed by atoms with Crippen molar-refractivity contribution in [1.82, 2.24) is 5.32 Å². The molecule has 0 amide bonds. The monoisotopic (exact) mass is 247 g/mol. The van der Waals surface area contributed by atoms with Gasteiger partial charge in [-0.25, -0.2) is 0 Å². The van der Waals surface area contributed by atoms with Gasteiger partial charge in [-0.1, -0.05) is 57.7 Å². The Balaban J connectivity index is 5.20. The van der Waals surface area contributed by atoms with Crippen molar-refractivity contribution in [3.8, 4) is 0 Å². The van der Waals surface area contributed by atoms with Crippen molar-refractivity contribution in [2.24, 2.45) is 5.41 Å². The van der Waals surface area contributed by atoms with Crippen LogP contribution in [-0.4, -0.2) is 5.54 Å². The van der Waals surface area contributed by atoms with E-state index < -0.39 is 0 Å². The quantitative estimate of drug-likeness (QED) is 0.690. The van der Waals surface area contributed by atoms with E-state index in [9.17, 15) is 0 Å². The van der Waals surface area contributed by atoms with Gasteiger partial charge in [-0.15, -0.1) is 0 Å². The van der Waals surface area contributed by atoms with Gasteiger partial charge in [-0.05, 0) is 38.7 Å². The summed E-state index contributed by atoms with van der Waals surface area (Å²) in [7, 11) is 0. The van der Waals surface area contributed by atoms with E-state index in [1.165, 1.54) is 5.57 Å². The molecule has 0 radical (unpaired) electrons. The van der Waals surface area contributed by atoms with E-state index in [-0.39, 0.29) is 11.0 Å². The normalized spacial score (nSPS) is 14.4. The number of nitrogens with one attached hydrogen (secondary N) is 1. The molecule has 0 spiro atoms. The van der Waals surface area contributed by atoms with Crippen molar-refractivity contribution >= 4 is 0 Å². The van der Waals surface area contributed by atoms with Crippen molar-refractivity contribution in [3.63, 3.8) is 0 Å². The maximum Gasteiger partial charge on any atom is 0.0344 e. The van der Waals surface area contributed by atoms with Gasteiger partial charge in [0.05, 0.1) is 0 Å². The van der Waals surface area contributed by atoms with Gasteiger partial charge >= 0.3 is 0 Å². The first-order valence-corrected chi connectivity index (χ1v) is 6.46. The van der Waals surface area contributed by atoms with E-state index in [1.54, 1.807) is 6.08 Å². The Morgan fingerprint density at radius 1 is 1.06 bits per heavy atom. The minimum atomic E-state index is 0.0147. The summed E-state index contributed by atoms with van der Waals surface area (Å²) in [5, 5.41) is 3.41. The topological polar surface area (TPSA) is 12.0 Å². The summed E-state index contributed by atoms with van der Waals surface area (Å²) in [5.74, 6) is 0. The molecule has 0 unspecified atom stereocenters. The summed E-state index contributed by atoms with van der Waals surface area (Å²) in [6.07, 6.45) is 5.98. The molecule has 0 saturated heterocycles. The first-order chi connectivity index (χ1) is 7.97. The van der Waals surface area contributed by atoms with Gasteiger partial charge in [-0.2, -0.15) is 0 Å². The highest BCUT2D eigenvalue weighted by Crippen LogP contribution is 2.27. The zero-order valence-corrected chi connectivity index (χ0v) is 13.1. The van der Waals surface area contributed by atoms with Crippen molar-refractivity contribution in [2.75, 3.05) is 0 Å².